The summed E-state index contributed by atoms with van der Waals surface area (Å²) in [6.45, 7) is 0. The normalized spacial score (nSPS) is 10.8. The Hall–Kier alpha value is -1.30. The maximum Gasteiger partial charge on any atom is 0.143 e. The lowest BCUT2D eigenvalue weighted by atomic mass is 10.1. The van der Waals surface area contributed by atoms with Gasteiger partial charge in [-0.05, 0) is 12.1 Å². The maximum absolute atomic E-state index is 13.4. The van der Waals surface area contributed by atoms with Crippen molar-refractivity contribution in [3.8, 4) is 0 Å². The van der Waals surface area contributed by atoms with Crippen LogP contribution in [0.2, 0.25) is 0 Å². The van der Waals surface area contributed by atoms with Crippen LogP contribution in [0.3, 0.4) is 0 Å². The lowest BCUT2D eigenvalue weighted by Crippen LogP contribution is -2.04. The molecule has 0 fully saturated rings. The van der Waals surface area contributed by atoms with Crippen molar-refractivity contribution in [1.82, 2.24) is 14.8 Å². The van der Waals surface area contributed by atoms with E-state index in [0.717, 1.165) is 5.82 Å². The Kier molecular flexibility index (Phi) is 3.51. The molecule has 3 nitrogen and oxygen atoms in total. The highest BCUT2D eigenvalue weighted by Gasteiger charge is 2.14. The van der Waals surface area contributed by atoms with Gasteiger partial charge in [0, 0.05) is 19.0 Å². The van der Waals surface area contributed by atoms with Crippen molar-refractivity contribution in [2.75, 3.05) is 0 Å². The number of halogens is 3. The van der Waals surface area contributed by atoms with E-state index in [1.54, 1.807) is 11.6 Å². The van der Waals surface area contributed by atoms with E-state index >= 15 is 0 Å². The van der Waals surface area contributed by atoms with Crippen LogP contribution in [-0.2, 0) is 18.8 Å². The summed E-state index contributed by atoms with van der Waals surface area (Å²) in [6.07, 6.45) is 0.0923. The molecule has 0 saturated heterocycles. The molecule has 0 bridgehead atoms. The molecule has 1 heterocycles. The fraction of sp³-hybridized carbons (Fsp3) is 0.273. The zero-order chi connectivity index (χ0) is 12.4. The highest BCUT2D eigenvalue weighted by Crippen LogP contribution is 2.16. The number of hydrogen-bond donors (Lipinski definition) is 0. The van der Waals surface area contributed by atoms with Gasteiger partial charge in [0.1, 0.15) is 23.3 Å². The van der Waals surface area contributed by atoms with Gasteiger partial charge in [-0.2, -0.15) is 0 Å². The Morgan fingerprint density at radius 1 is 1.18 bits per heavy atom. The van der Waals surface area contributed by atoms with Crippen molar-refractivity contribution >= 4 is 15.9 Å². The lowest BCUT2D eigenvalue weighted by Gasteiger charge is -2.05. The molecule has 0 radical (unpaired) electrons. The van der Waals surface area contributed by atoms with Crippen molar-refractivity contribution in [3.63, 3.8) is 0 Å². The lowest BCUT2D eigenvalue weighted by molar-refractivity contribution is 0.557. The van der Waals surface area contributed by atoms with Gasteiger partial charge in [-0.25, -0.2) is 8.78 Å². The first-order valence-electron chi connectivity index (χ1n) is 4.99. The molecule has 0 aliphatic carbocycles. The SMILES string of the molecule is Cn1c(CBr)nnc1Cc1c(F)cccc1F. The van der Waals surface area contributed by atoms with Crippen molar-refractivity contribution in [2.45, 2.75) is 11.8 Å². The van der Waals surface area contributed by atoms with Crippen LogP contribution in [0.5, 0.6) is 0 Å². The highest BCUT2D eigenvalue weighted by atomic mass is 79.9. The molecule has 0 spiro atoms. The van der Waals surface area contributed by atoms with E-state index in [1.807, 2.05) is 0 Å². The number of hydrogen-bond acceptors (Lipinski definition) is 2. The molecule has 0 aliphatic heterocycles. The zero-order valence-electron chi connectivity index (χ0n) is 9.12. The van der Waals surface area contributed by atoms with E-state index in [1.165, 1.54) is 18.2 Å². The van der Waals surface area contributed by atoms with Gasteiger partial charge in [-0.15, -0.1) is 10.2 Å². The number of rotatable bonds is 3. The molecule has 1 aromatic carbocycles. The minimum atomic E-state index is -0.562. The number of alkyl halides is 1. The quantitative estimate of drug-likeness (QED) is 0.816. The Labute approximate surface area is 106 Å². The molecule has 2 aromatic rings. The second-order valence-electron chi connectivity index (χ2n) is 3.60. The molecule has 0 amide bonds. The summed E-state index contributed by atoms with van der Waals surface area (Å²) in [5, 5.41) is 8.38. The van der Waals surface area contributed by atoms with Gasteiger partial charge in [-0.3, -0.25) is 0 Å². The van der Waals surface area contributed by atoms with Gasteiger partial charge in [0.2, 0.25) is 0 Å². The fourth-order valence-electron chi connectivity index (χ4n) is 1.53. The Bertz CT molecular complexity index is 519. The van der Waals surface area contributed by atoms with Crippen LogP contribution >= 0.6 is 15.9 Å². The van der Waals surface area contributed by atoms with Gasteiger partial charge in [0.05, 0.1) is 5.33 Å². The Morgan fingerprint density at radius 3 is 2.29 bits per heavy atom. The molecule has 0 atom stereocenters. The minimum Gasteiger partial charge on any atom is -0.317 e. The standard InChI is InChI=1S/C11H10BrF2N3/c1-17-10(15-16-11(17)6-12)5-7-8(13)3-2-4-9(7)14/h2-4H,5-6H2,1H3. The summed E-state index contributed by atoms with van der Waals surface area (Å²) in [5.74, 6) is 0.127. The van der Waals surface area contributed by atoms with E-state index < -0.39 is 11.6 Å². The van der Waals surface area contributed by atoms with Gasteiger partial charge in [0.25, 0.3) is 0 Å². The van der Waals surface area contributed by atoms with Crippen molar-refractivity contribution in [1.29, 1.82) is 0 Å². The van der Waals surface area contributed by atoms with Crippen LogP contribution < -0.4 is 0 Å². The van der Waals surface area contributed by atoms with E-state index in [9.17, 15) is 8.78 Å². The van der Waals surface area contributed by atoms with Crippen LogP contribution in [0.25, 0.3) is 0 Å². The molecular weight excluding hydrogens is 292 g/mol. The number of benzene rings is 1. The molecule has 90 valence electrons. The molecular formula is C11H10BrF2N3. The predicted molar refractivity (Wildman–Crippen MR) is 62.8 cm³/mol. The van der Waals surface area contributed by atoms with Crippen LogP contribution in [0, 0.1) is 11.6 Å². The third-order valence-electron chi connectivity index (χ3n) is 2.57. The summed E-state index contributed by atoms with van der Waals surface area (Å²) < 4.78 is 28.6. The monoisotopic (exact) mass is 301 g/mol. The second kappa shape index (κ2) is 4.91. The molecule has 0 aliphatic rings. The van der Waals surface area contributed by atoms with Gasteiger partial charge < -0.3 is 4.57 Å². The molecule has 1 aromatic heterocycles. The molecule has 0 saturated carbocycles. The van der Waals surface area contributed by atoms with E-state index in [0.29, 0.717) is 11.2 Å². The largest absolute Gasteiger partial charge is 0.317 e. The summed E-state index contributed by atoms with van der Waals surface area (Å²) in [4.78, 5) is 0. The van der Waals surface area contributed by atoms with Crippen molar-refractivity contribution in [3.05, 3.63) is 47.0 Å². The van der Waals surface area contributed by atoms with E-state index in [2.05, 4.69) is 26.1 Å². The first kappa shape index (κ1) is 12.2. The average molecular weight is 302 g/mol. The topological polar surface area (TPSA) is 30.7 Å². The fourth-order valence-corrected chi connectivity index (χ4v) is 2.02. The number of nitrogens with zero attached hydrogens (tertiary/aromatic N) is 3. The summed E-state index contributed by atoms with van der Waals surface area (Å²) in [5.41, 5.74) is 0.0177. The van der Waals surface area contributed by atoms with E-state index in [4.69, 9.17) is 0 Å². The molecule has 2 rings (SSSR count). The molecule has 6 heteroatoms. The first-order valence-corrected chi connectivity index (χ1v) is 6.11. The van der Waals surface area contributed by atoms with Crippen LogP contribution in [-0.4, -0.2) is 14.8 Å². The predicted octanol–water partition coefficient (Wildman–Crippen LogP) is 2.58. The Balaban J connectivity index is 2.35. The Morgan fingerprint density at radius 2 is 1.76 bits per heavy atom. The first-order chi connectivity index (χ1) is 8.13. The zero-order valence-corrected chi connectivity index (χ0v) is 10.7. The van der Waals surface area contributed by atoms with Gasteiger partial charge in [-0.1, -0.05) is 22.0 Å². The van der Waals surface area contributed by atoms with Crippen LogP contribution in [0.4, 0.5) is 8.78 Å². The summed E-state index contributed by atoms with van der Waals surface area (Å²) in [7, 11) is 1.77. The smallest absolute Gasteiger partial charge is 0.143 e. The molecule has 17 heavy (non-hydrogen) atoms. The van der Waals surface area contributed by atoms with Crippen LogP contribution in [0.15, 0.2) is 18.2 Å². The van der Waals surface area contributed by atoms with Gasteiger partial charge in [0.15, 0.2) is 0 Å². The summed E-state index contributed by atoms with van der Waals surface area (Å²) in [6, 6.07) is 3.81. The number of aromatic nitrogens is 3. The molecule has 0 N–H and O–H groups in total. The van der Waals surface area contributed by atoms with Gasteiger partial charge >= 0.3 is 0 Å². The molecule has 0 unspecified atom stereocenters. The summed E-state index contributed by atoms with van der Waals surface area (Å²) >= 11 is 3.26. The van der Waals surface area contributed by atoms with E-state index in [-0.39, 0.29) is 12.0 Å². The second-order valence-corrected chi connectivity index (χ2v) is 4.16. The van der Waals surface area contributed by atoms with Crippen LogP contribution in [0.1, 0.15) is 17.2 Å². The third kappa shape index (κ3) is 2.36. The third-order valence-corrected chi connectivity index (χ3v) is 3.07. The minimum absolute atomic E-state index is 0.0177. The highest BCUT2D eigenvalue weighted by molar-refractivity contribution is 9.08. The maximum atomic E-state index is 13.4. The van der Waals surface area contributed by atoms with Crippen molar-refractivity contribution in [2.24, 2.45) is 7.05 Å². The average Bonchev–Trinajstić information content (AvgIpc) is 2.65. The van der Waals surface area contributed by atoms with Crippen molar-refractivity contribution < 1.29 is 8.78 Å².